The minimum Gasteiger partial charge on any atom is -0.428 e. The van der Waals surface area contributed by atoms with Crippen LogP contribution in [-0.4, -0.2) is 41.0 Å². The normalized spacial score (nSPS) is 12.5. The van der Waals surface area contributed by atoms with Crippen LogP contribution in [0.1, 0.15) is 40.3 Å². The predicted octanol–water partition coefficient (Wildman–Crippen LogP) is 2.14. The molecule has 2 aromatic rings. The first-order valence-corrected chi connectivity index (χ1v) is 7.82. The van der Waals surface area contributed by atoms with E-state index >= 15 is 0 Å². The van der Waals surface area contributed by atoms with Gasteiger partial charge in [-0.3, -0.25) is 14.9 Å². The molecule has 0 aliphatic rings. The first-order chi connectivity index (χ1) is 11.2. The Morgan fingerprint density at radius 1 is 1.38 bits per heavy atom. The van der Waals surface area contributed by atoms with E-state index in [0.717, 1.165) is 0 Å². The van der Waals surface area contributed by atoms with Crippen LogP contribution in [0.4, 0.5) is 6.01 Å². The van der Waals surface area contributed by atoms with Crippen LogP contribution < -0.4 is 10.9 Å². The zero-order valence-electron chi connectivity index (χ0n) is 15.0. The molecule has 0 bridgehead atoms. The highest BCUT2D eigenvalue weighted by atomic mass is 16.4. The smallest absolute Gasteiger partial charge is 0.302 e. The molecule has 2 aromatic heterocycles. The summed E-state index contributed by atoms with van der Waals surface area (Å²) in [5, 5.41) is 2.57. The van der Waals surface area contributed by atoms with Crippen molar-refractivity contribution in [2.45, 2.75) is 33.7 Å². The Morgan fingerprint density at radius 3 is 2.58 bits per heavy atom. The van der Waals surface area contributed by atoms with Gasteiger partial charge in [0, 0.05) is 18.8 Å². The molecule has 0 aliphatic heterocycles. The maximum atomic E-state index is 12.7. The number of aryl methyl sites for hydroxylation is 3. The summed E-state index contributed by atoms with van der Waals surface area (Å²) >= 11 is 0. The number of anilines is 1. The summed E-state index contributed by atoms with van der Waals surface area (Å²) in [5.74, 6) is 0.122. The van der Waals surface area contributed by atoms with Crippen molar-refractivity contribution in [3.05, 3.63) is 45.2 Å². The first kappa shape index (κ1) is 17.9. The highest BCUT2D eigenvalue weighted by Crippen LogP contribution is 2.15. The Hall–Kier alpha value is -2.41. The number of likely N-dealkylation sites (N-methyl/N-ethyl adjacent to an activating group) is 1. The molecule has 7 nitrogen and oxygen atoms in total. The van der Waals surface area contributed by atoms with Crippen molar-refractivity contribution < 1.29 is 9.21 Å². The first-order valence-electron chi connectivity index (χ1n) is 7.82. The van der Waals surface area contributed by atoms with Crippen molar-refractivity contribution in [2.75, 3.05) is 26.0 Å². The zero-order valence-corrected chi connectivity index (χ0v) is 15.0. The van der Waals surface area contributed by atoms with Crippen LogP contribution in [0.2, 0.25) is 0 Å². The van der Waals surface area contributed by atoms with E-state index in [1.54, 1.807) is 37.6 Å². The molecule has 0 saturated heterocycles. The van der Waals surface area contributed by atoms with Gasteiger partial charge in [-0.25, -0.2) is 0 Å². The average molecular weight is 332 g/mol. The summed E-state index contributed by atoms with van der Waals surface area (Å²) in [4.78, 5) is 31.4. The van der Waals surface area contributed by atoms with Gasteiger partial charge >= 0.3 is 6.01 Å². The maximum absolute atomic E-state index is 12.7. The molecule has 0 radical (unpaired) electrons. The monoisotopic (exact) mass is 332 g/mol. The third-order valence-electron chi connectivity index (χ3n) is 3.91. The fraction of sp³-hybridized carbons (Fsp3) is 0.471. The number of oxazole rings is 1. The second kappa shape index (κ2) is 7.00. The Labute approximate surface area is 141 Å². The van der Waals surface area contributed by atoms with E-state index in [9.17, 15) is 9.59 Å². The minimum absolute atomic E-state index is 0.0501. The van der Waals surface area contributed by atoms with E-state index in [0.29, 0.717) is 23.6 Å². The van der Waals surface area contributed by atoms with E-state index in [2.05, 4.69) is 10.3 Å². The molecular formula is C17H24N4O3. The third-order valence-corrected chi connectivity index (χ3v) is 3.91. The van der Waals surface area contributed by atoms with Crippen LogP contribution in [0.15, 0.2) is 21.5 Å². The van der Waals surface area contributed by atoms with Gasteiger partial charge < -0.3 is 13.9 Å². The van der Waals surface area contributed by atoms with Gasteiger partial charge in [0.15, 0.2) is 0 Å². The molecule has 2 heterocycles. The number of rotatable bonds is 5. The Bertz CT molecular complexity index is 785. The molecule has 0 saturated carbocycles. The van der Waals surface area contributed by atoms with Gasteiger partial charge in [0.25, 0.3) is 11.5 Å². The molecule has 0 fully saturated rings. The van der Waals surface area contributed by atoms with Gasteiger partial charge in [-0.1, -0.05) is 0 Å². The van der Waals surface area contributed by atoms with Crippen LogP contribution >= 0.6 is 0 Å². The van der Waals surface area contributed by atoms with E-state index in [-0.39, 0.29) is 23.2 Å². The molecule has 1 unspecified atom stereocenters. The van der Waals surface area contributed by atoms with Crippen LogP contribution in [0.3, 0.4) is 0 Å². The number of hydrogen-bond acceptors (Lipinski definition) is 5. The number of nitrogens with one attached hydrogen (secondary N) is 1. The fourth-order valence-corrected chi connectivity index (χ4v) is 2.57. The summed E-state index contributed by atoms with van der Waals surface area (Å²) < 4.78 is 6.94. The highest BCUT2D eigenvalue weighted by molar-refractivity contribution is 6.03. The lowest BCUT2D eigenvalue weighted by molar-refractivity contribution is 0.102. The second-order valence-corrected chi connectivity index (χ2v) is 6.31. The summed E-state index contributed by atoms with van der Waals surface area (Å²) in [5.41, 5.74) is 1.11. The van der Waals surface area contributed by atoms with E-state index < -0.39 is 5.91 Å². The van der Waals surface area contributed by atoms with Crippen molar-refractivity contribution >= 4 is 11.9 Å². The molecule has 0 spiro atoms. The van der Waals surface area contributed by atoms with Crippen LogP contribution in [0, 0.1) is 20.8 Å². The minimum atomic E-state index is -0.509. The molecule has 7 heteroatoms. The number of amides is 1. The summed E-state index contributed by atoms with van der Waals surface area (Å²) in [6.45, 7) is 7.94. The number of hydrogen-bond donors (Lipinski definition) is 1. The van der Waals surface area contributed by atoms with Crippen molar-refractivity contribution in [1.29, 1.82) is 0 Å². The van der Waals surface area contributed by atoms with Crippen molar-refractivity contribution in [3.63, 3.8) is 0 Å². The third kappa shape index (κ3) is 3.73. The fourth-order valence-electron chi connectivity index (χ4n) is 2.57. The molecule has 1 amide bonds. The summed E-state index contributed by atoms with van der Waals surface area (Å²) in [7, 11) is 3.88. The lowest BCUT2D eigenvalue weighted by Gasteiger charge is -2.20. The van der Waals surface area contributed by atoms with Gasteiger partial charge in [-0.05, 0) is 53.4 Å². The number of carbonyl (C=O) groups is 1. The van der Waals surface area contributed by atoms with Crippen LogP contribution in [0.5, 0.6) is 0 Å². The highest BCUT2D eigenvalue weighted by Gasteiger charge is 2.20. The molecule has 130 valence electrons. The topological polar surface area (TPSA) is 80.4 Å². The number of nitrogens with zero attached hydrogens (tertiary/aromatic N) is 3. The Balaban J connectivity index is 2.35. The molecule has 1 atom stereocenters. The second-order valence-electron chi connectivity index (χ2n) is 6.31. The number of pyridine rings is 1. The lowest BCUT2D eigenvalue weighted by atomic mass is 10.1. The average Bonchev–Trinajstić information content (AvgIpc) is 2.76. The number of aromatic nitrogens is 2. The van der Waals surface area contributed by atoms with Crippen LogP contribution in [0.25, 0.3) is 0 Å². The molecule has 1 N–H and O–H groups in total. The molecule has 0 aliphatic carbocycles. The van der Waals surface area contributed by atoms with Gasteiger partial charge in [-0.15, -0.1) is 0 Å². The summed E-state index contributed by atoms with van der Waals surface area (Å²) in [6, 6.07) is 1.82. The predicted molar refractivity (Wildman–Crippen MR) is 92.6 cm³/mol. The van der Waals surface area contributed by atoms with E-state index in [1.807, 2.05) is 25.9 Å². The molecular weight excluding hydrogens is 308 g/mol. The summed E-state index contributed by atoms with van der Waals surface area (Å²) in [6.07, 6.45) is 1.72. The zero-order chi connectivity index (χ0) is 18.0. The van der Waals surface area contributed by atoms with Gasteiger partial charge in [0.2, 0.25) is 0 Å². The van der Waals surface area contributed by atoms with Crippen molar-refractivity contribution in [1.82, 2.24) is 14.5 Å². The SMILES string of the molecule is Cc1ccn(C(C)CN(C)C)c(=O)c1C(=O)Nc1nc(C)c(C)o1. The molecule has 0 aromatic carbocycles. The standard InChI is InChI=1S/C17H24N4O3/c1-10-7-8-21(11(2)9-20(5)6)16(23)14(10)15(22)19-17-18-12(3)13(4)24-17/h7-8,11H,9H2,1-6H3,(H,18,19,22). The Morgan fingerprint density at radius 2 is 2.04 bits per heavy atom. The van der Waals surface area contributed by atoms with Gasteiger partial charge in [0.05, 0.1) is 5.69 Å². The quantitative estimate of drug-likeness (QED) is 0.907. The van der Waals surface area contributed by atoms with Gasteiger partial charge in [0.1, 0.15) is 11.3 Å². The molecule has 2 rings (SSSR count). The van der Waals surface area contributed by atoms with E-state index in [4.69, 9.17) is 4.42 Å². The maximum Gasteiger partial charge on any atom is 0.302 e. The van der Waals surface area contributed by atoms with Crippen molar-refractivity contribution in [2.24, 2.45) is 0 Å². The van der Waals surface area contributed by atoms with Crippen LogP contribution in [-0.2, 0) is 0 Å². The molecule has 24 heavy (non-hydrogen) atoms. The van der Waals surface area contributed by atoms with Gasteiger partial charge in [-0.2, -0.15) is 4.98 Å². The Kier molecular flexibility index (Phi) is 5.23. The largest absolute Gasteiger partial charge is 0.428 e. The van der Waals surface area contributed by atoms with Crippen molar-refractivity contribution in [3.8, 4) is 0 Å². The number of carbonyl (C=O) groups excluding carboxylic acids is 1. The lowest BCUT2D eigenvalue weighted by Crippen LogP contribution is -2.34. The van der Waals surface area contributed by atoms with E-state index in [1.165, 1.54) is 0 Å².